The monoisotopic (exact) mass is 452 g/mol. The molecule has 32 heavy (non-hydrogen) atoms. The normalized spacial score (nSPS) is 29.9. The summed E-state index contributed by atoms with van der Waals surface area (Å²) >= 11 is 1.47. The molecule has 2 aromatic rings. The number of hydrogen-bond donors (Lipinski definition) is 1. The van der Waals surface area contributed by atoms with Gasteiger partial charge >= 0.3 is 5.97 Å². The van der Waals surface area contributed by atoms with Crippen molar-refractivity contribution in [2.45, 2.75) is 50.2 Å². The van der Waals surface area contributed by atoms with Crippen LogP contribution in [0.25, 0.3) is 6.08 Å². The Kier molecular flexibility index (Phi) is 6.24. The minimum atomic E-state index is -1.49. The summed E-state index contributed by atoms with van der Waals surface area (Å²) in [7, 11) is 0. The van der Waals surface area contributed by atoms with E-state index in [0.29, 0.717) is 5.92 Å². The number of ether oxygens (including phenoxy) is 1. The molecule has 0 amide bonds. The zero-order valence-electron chi connectivity index (χ0n) is 18.7. The Labute approximate surface area is 195 Å². The molecule has 0 spiro atoms. The quantitative estimate of drug-likeness (QED) is 0.475. The molecule has 5 heteroatoms. The zero-order valence-corrected chi connectivity index (χ0v) is 19.5. The third-order valence-electron chi connectivity index (χ3n) is 8.06. The largest absolute Gasteiger partial charge is 0.454 e. The van der Waals surface area contributed by atoms with Crippen LogP contribution < -0.4 is 0 Å². The number of esters is 1. The van der Waals surface area contributed by atoms with Crippen molar-refractivity contribution in [3.63, 3.8) is 0 Å². The van der Waals surface area contributed by atoms with E-state index >= 15 is 0 Å². The number of nitrogens with zero attached hydrogens (tertiary/aromatic N) is 1. The highest BCUT2D eigenvalue weighted by Crippen LogP contribution is 2.44. The van der Waals surface area contributed by atoms with Gasteiger partial charge in [-0.25, -0.2) is 4.79 Å². The molecule has 6 rings (SSSR count). The summed E-state index contributed by atoms with van der Waals surface area (Å²) in [4.78, 5) is 14.3. The fraction of sp³-hybridized carbons (Fsp3) is 0.519. The Morgan fingerprint density at radius 1 is 1.09 bits per heavy atom. The highest BCUT2D eigenvalue weighted by atomic mass is 32.1. The van der Waals surface area contributed by atoms with Gasteiger partial charge in [0.1, 0.15) is 6.54 Å². The topological polar surface area (TPSA) is 46.5 Å². The summed E-state index contributed by atoms with van der Waals surface area (Å²) in [5.74, 6) is -0.0246. The first kappa shape index (κ1) is 21.9. The second-order valence-corrected chi connectivity index (χ2v) is 10.9. The van der Waals surface area contributed by atoms with Crippen molar-refractivity contribution in [2.75, 3.05) is 26.2 Å². The lowest BCUT2D eigenvalue weighted by Gasteiger charge is -2.52. The van der Waals surface area contributed by atoms with E-state index < -0.39 is 11.6 Å². The molecule has 4 fully saturated rings. The van der Waals surface area contributed by atoms with Gasteiger partial charge in [0.15, 0.2) is 11.7 Å². The van der Waals surface area contributed by atoms with Crippen molar-refractivity contribution in [1.82, 2.24) is 0 Å². The van der Waals surface area contributed by atoms with E-state index in [9.17, 15) is 9.90 Å². The van der Waals surface area contributed by atoms with Crippen molar-refractivity contribution >= 4 is 23.4 Å². The van der Waals surface area contributed by atoms with Crippen molar-refractivity contribution in [3.8, 4) is 0 Å². The Morgan fingerprint density at radius 2 is 1.84 bits per heavy atom. The van der Waals surface area contributed by atoms with Gasteiger partial charge in [0.2, 0.25) is 0 Å². The number of carbonyl (C=O) groups excluding carboxylic acids is 1. The van der Waals surface area contributed by atoms with Crippen LogP contribution in [0, 0.1) is 11.8 Å². The molecule has 3 aliphatic heterocycles. The van der Waals surface area contributed by atoms with Gasteiger partial charge in [-0.1, -0.05) is 55.3 Å². The predicted molar refractivity (Wildman–Crippen MR) is 128 cm³/mol. The number of thiophene rings is 1. The number of benzene rings is 1. The molecule has 4 heterocycles. The molecule has 1 N–H and O–H groups in total. The van der Waals surface area contributed by atoms with Crippen LogP contribution in [0.3, 0.4) is 0 Å². The average molecular weight is 453 g/mol. The van der Waals surface area contributed by atoms with Crippen LogP contribution in [-0.4, -0.2) is 47.8 Å². The van der Waals surface area contributed by atoms with Gasteiger partial charge in [0, 0.05) is 29.6 Å². The van der Waals surface area contributed by atoms with E-state index in [1.165, 1.54) is 16.9 Å². The number of fused-ring (bicyclic) bond motifs is 3. The Balaban J connectivity index is 1.29. The Hall–Kier alpha value is -1.95. The number of rotatable bonds is 7. The maximum absolute atomic E-state index is 13.5. The lowest BCUT2D eigenvalue weighted by molar-refractivity contribution is -0.941. The third kappa shape index (κ3) is 4.18. The van der Waals surface area contributed by atoms with E-state index in [1.807, 2.05) is 23.6 Å². The Bertz CT molecular complexity index is 927. The summed E-state index contributed by atoms with van der Waals surface area (Å²) < 4.78 is 7.18. The molecule has 1 aliphatic carbocycles. The smallest absolute Gasteiger partial charge is 0.344 e. The molecular formula is C27H34NO3S+. The summed E-state index contributed by atoms with van der Waals surface area (Å²) in [6.07, 6.45) is 10.5. The van der Waals surface area contributed by atoms with E-state index in [2.05, 4.69) is 36.4 Å². The molecule has 4 nitrogen and oxygen atoms in total. The minimum Gasteiger partial charge on any atom is -0.454 e. The number of piperidine rings is 3. The van der Waals surface area contributed by atoms with Gasteiger partial charge in [0.25, 0.3) is 0 Å². The van der Waals surface area contributed by atoms with Crippen molar-refractivity contribution < 1.29 is 19.1 Å². The molecular weight excluding hydrogens is 418 g/mol. The van der Waals surface area contributed by atoms with Crippen molar-refractivity contribution in [2.24, 2.45) is 11.8 Å². The van der Waals surface area contributed by atoms with Crippen molar-refractivity contribution in [3.05, 3.63) is 64.4 Å². The molecule has 1 aromatic heterocycles. The maximum atomic E-state index is 13.5. The lowest BCUT2D eigenvalue weighted by atomic mass is 9.82. The van der Waals surface area contributed by atoms with E-state index in [4.69, 9.17) is 4.74 Å². The molecule has 0 unspecified atom stereocenters. The molecule has 1 aromatic carbocycles. The molecule has 1 saturated carbocycles. The molecule has 4 aliphatic rings. The fourth-order valence-corrected chi connectivity index (χ4v) is 7.01. The van der Waals surface area contributed by atoms with Crippen LogP contribution in [0.2, 0.25) is 0 Å². The lowest BCUT2D eigenvalue weighted by Crippen LogP contribution is -2.65. The highest BCUT2D eigenvalue weighted by molar-refractivity contribution is 7.10. The van der Waals surface area contributed by atoms with Crippen LogP contribution in [0.4, 0.5) is 0 Å². The van der Waals surface area contributed by atoms with Gasteiger partial charge < -0.3 is 14.3 Å². The van der Waals surface area contributed by atoms with Crippen LogP contribution in [0.5, 0.6) is 0 Å². The molecule has 2 atom stereocenters. The summed E-state index contributed by atoms with van der Waals surface area (Å²) in [5, 5.41) is 13.6. The van der Waals surface area contributed by atoms with Crippen LogP contribution in [-0.2, 0) is 15.1 Å². The zero-order chi connectivity index (χ0) is 22.0. The highest BCUT2D eigenvalue weighted by Gasteiger charge is 2.52. The molecule has 2 bridgehead atoms. The third-order valence-corrected chi connectivity index (χ3v) is 9.05. The first-order valence-electron chi connectivity index (χ1n) is 12.1. The van der Waals surface area contributed by atoms with E-state index in [0.717, 1.165) is 74.1 Å². The van der Waals surface area contributed by atoms with Crippen LogP contribution in [0.15, 0.2) is 53.9 Å². The van der Waals surface area contributed by atoms with Gasteiger partial charge in [0.05, 0.1) is 19.6 Å². The Morgan fingerprint density at radius 3 is 2.53 bits per heavy atom. The number of carbonyl (C=O) groups is 1. The maximum Gasteiger partial charge on any atom is 0.344 e. The number of quaternary nitrogens is 1. The first-order chi connectivity index (χ1) is 15.6. The molecule has 170 valence electrons. The number of aliphatic hydroxyl groups is 1. The second kappa shape index (κ2) is 9.12. The van der Waals surface area contributed by atoms with E-state index in [1.54, 1.807) is 0 Å². The second-order valence-electron chi connectivity index (χ2n) is 9.97. The van der Waals surface area contributed by atoms with Crippen molar-refractivity contribution in [1.29, 1.82) is 0 Å². The first-order valence-corrected chi connectivity index (χ1v) is 13.0. The predicted octanol–water partition coefficient (Wildman–Crippen LogP) is 4.99. The summed E-state index contributed by atoms with van der Waals surface area (Å²) in [5.41, 5.74) is -0.271. The number of hydrogen-bond acceptors (Lipinski definition) is 4. The molecule has 0 radical (unpaired) electrons. The van der Waals surface area contributed by atoms with Crippen LogP contribution >= 0.6 is 11.3 Å². The van der Waals surface area contributed by atoms with Gasteiger partial charge in [-0.2, -0.15) is 0 Å². The fourth-order valence-electron chi connectivity index (χ4n) is 6.12. The van der Waals surface area contributed by atoms with Gasteiger partial charge in [-0.3, -0.25) is 0 Å². The van der Waals surface area contributed by atoms with E-state index in [-0.39, 0.29) is 12.0 Å². The van der Waals surface area contributed by atoms with Gasteiger partial charge in [-0.15, -0.1) is 11.3 Å². The van der Waals surface area contributed by atoms with Crippen LogP contribution in [0.1, 0.15) is 49.0 Å². The minimum absolute atomic E-state index is 0.0355. The average Bonchev–Trinajstić information content (AvgIpc) is 3.55. The molecule has 3 saturated heterocycles. The SMILES string of the molecule is O=C(O[C@H]1C[N+]2(C/C=C/c3ccccc3)CCC1CC2)[C@](O)(c1cccs1)C1CCCC1. The van der Waals surface area contributed by atoms with Gasteiger partial charge in [-0.05, 0) is 35.9 Å². The summed E-state index contributed by atoms with van der Waals surface area (Å²) in [6.45, 7) is 4.12. The summed E-state index contributed by atoms with van der Waals surface area (Å²) in [6, 6.07) is 14.2. The standard InChI is InChI=1S/C27H34NO3S/c29-26(27(30,23-11-4-5-12-23)25-13-7-19-32-25)31-24-20-28(17-14-22(24)15-18-28)16-6-10-21-8-2-1-3-9-21/h1-3,6-10,13,19,22-24,30H,4-5,11-12,14-18,20H2/q+1/b10-6+/t22?,24-,27+,28?/m0/s1.